The van der Waals surface area contributed by atoms with Crippen molar-refractivity contribution in [1.82, 2.24) is 5.32 Å². The molecule has 0 spiro atoms. The van der Waals surface area contributed by atoms with E-state index >= 15 is 0 Å². The normalized spacial score (nSPS) is 43.6. The third-order valence-corrected chi connectivity index (χ3v) is 4.93. The summed E-state index contributed by atoms with van der Waals surface area (Å²) in [6, 6.07) is 1.44. The van der Waals surface area contributed by atoms with Crippen LogP contribution in [-0.4, -0.2) is 24.8 Å². The van der Waals surface area contributed by atoms with Crippen molar-refractivity contribution in [2.45, 2.75) is 76.5 Å². The number of hydrogen-bond acceptors (Lipinski definition) is 2. The lowest BCUT2D eigenvalue weighted by Gasteiger charge is -2.25. The minimum atomic E-state index is 0.552. The first-order valence-electron chi connectivity index (χ1n) is 7.70. The van der Waals surface area contributed by atoms with Gasteiger partial charge < -0.3 is 10.1 Å². The zero-order valence-corrected chi connectivity index (χ0v) is 11.2. The predicted octanol–water partition coefficient (Wildman–Crippen LogP) is 3.11. The summed E-state index contributed by atoms with van der Waals surface area (Å²) in [5, 5.41) is 3.92. The molecule has 4 atom stereocenters. The monoisotopic (exact) mass is 237 g/mol. The van der Waals surface area contributed by atoms with E-state index in [1.165, 1.54) is 51.4 Å². The molecule has 0 bridgehead atoms. The molecule has 1 aliphatic heterocycles. The van der Waals surface area contributed by atoms with E-state index < -0.39 is 0 Å². The van der Waals surface area contributed by atoms with Gasteiger partial charge in [0.05, 0.1) is 6.10 Å². The van der Waals surface area contributed by atoms with Crippen molar-refractivity contribution in [2.75, 3.05) is 6.61 Å². The van der Waals surface area contributed by atoms with Crippen LogP contribution in [0.5, 0.6) is 0 Å². The van der Waals surface area contributed by atoms with Gasteiger partial charge in [-0.1, -0.05) is 19.8 Å². The Bertz CT molecular complexity index is 251. The standard InChI is InChI=1S/C15H27NO/c1-11-3-2-4-13(8-5-11)16-14-9-10-17-15(14)12-6-7-12/h11-16H,2-10H2,1H3. The van der Waals surface area contributed by atoms with Crippen molar-refractivity contribution in [1.29, 1.82) is 0 Å². The average molecular weight is 237 g/mol. The summed E-state index contributed by atoms with van der Waals surface area (Å²) in [6.45, 7) is 3.40. The summed E-state index contributed by atoms with van der Waals surface area (Å²) < 4.78 is 5.92. The zero-order valence-electron chi connectivity index (χ0n) is 11.2. The van der Waals surface area contributed by atoms with E-state index in [0.717, 1.165) is 24.5 Å². The summed E-state index contributed by atoms with van der Waals surface area (Å²) in [5.41, 5.74) is 0. The highest BCUT2D eigenvalue weighted by Crippen LogP contribution is 2.39. The maximum absolute atomic E-state index is 5.92. The van der Waals surface area contributed by atoms with Gasteiger partial charge in [0, 0.05) is 18.7 Å². The lowest BCUT2D eigenvalue weighted by molar-refractivity contribution is 0.0783. The molecule has 1 heterocycles. The molecule has 98 valence electrons. The van der Waals surface area contributed by atoms with E-state index in [1.807, 2.05) is 0 Å². The SMILES string of the molecule is CC1CCCC(NC2CCOC2C2CC2)CC1. The molecule has 3 rings (SSSR count). The Morgan fingerprint density at radius 3 is 2.65 bits per heavy atom. The van der Waals surface area contributed by atoms with Crippen LogP contribution in [-0.2, 0) is 4.74 Å². The topological polar surface area (TPSA) is 21.3 Å². The first-order valence-corrected chi connectivity index (χ1v) is 7.70. The van der Waals surface area contributed by atoms with Crippen LogP contribution >= 0.6 is 0 Å². The Balaban J connectivity index is 1.51. The molecule has 3 aliphatic rings. The van der Waals surface area contributed by atoms with Crippen LogP contribution in [0.4, 0.5) is 0 Å². The second-order valence-corrected chi connectivity index (χ2v) is 6.55. The highest BCUT2D eigenvalue weighted by atomic mass is 16.5. The first kappa shape index (κ1) is 12.0. The van der Waals surface area contributed by atoms with Gasteiger partial charge in [-0.2, -0.15) is 0 Å². The van der Waals surface area contributed by atoms with Gasteiger partial charge >= 0.3 is 0 Å². The summed E-state index contributed by atoms with van der Waals surface area (Å²) in [5.74, 6) is 1.83. The van der Waals surface area contributed by atoms with Gasteiger partial charge in [0.15, 0.2) is 0 Å². The summed E-state index contributed by atoms with van der Waals surface area (Å²) in [4.78, 5) is 0. The summed E-state index contributed by atoms with van der Waals surface area (Å²) in [6.07, 6.45) is 11.6. The smallest absolute Gasteiger partial charge is 0.0757 e. The fraction of sp³-hybridized carbons (Fsp3) is 1.00. The largest absolute Gasteiger partial charge is 0.376 e. The molecule has 0 aromatic rings. The second-order valence-electron chi connectivity index (χ2n) is 6.55. The van der Waals surface area contributed by atoms with Crippen molar-refractivity contribution < 1.29 is 4.74 Å². The predicted molar refractivity (Wildman–Crippen MR) is 70.0 cm³/mol. The van der Waals surface area contributed by atoms with E-state index in [-0.39, 0.29) is 0 Å². The quantitative estimate of drug-likeness (QED) is 0.762. The van der Waals surface area contributed by atoms with Crippen molar-refractivity contribution in [3.8, 4) is 0 Å². The number of ether oxygens (including phenoxy) is 1. The van der Waals surface area contributed by atoms with Gasteiger partial charge in [0.2, 0.25) is 0 Å². The van der Waals surface area contributed by atoms with Gasteiger partial charge in [-0.3, -0.25) is 0 Å². The van der Waals surface area contributed by atoms with E-state index in [9.17, 15) is 0 Å². The Labute approximate surface area is 105 Å². The highest BCUT2D eigenvalue weighted by Gasteiger charge is 2.41. The van der Waals surface area contributed by atoms with E-state index in [0.29, 0.717) is 12.1 Å². The molecule has 0 aromatic carbocycles. The molecule has 3 fully saturated rings. The van der Waals surface area contributed by atoms with E-state index in [2.05, 4.69) is 12.2 Å². The molecule has 17 heavy (non-hydrogen) atoms. The van der Waals surface area contributed by atoms with Crippen LogP contribution in [0.3, 0.4) is 0 Å². The average Bonchev–Trinajstić information content (AvgIpc) is 3.09. The lowest BCUT2D eigenvalue weighted by Crippen LogP contribution is -2.43. The van der Waals surface area contributed by atoms with Crippen LogP contribution in [0, 0.1) is 11.8 Å². The number of hydrogen-bond donors (Lipinski definition) is 1. The van der Waals surface area contributed by atoms with Gasteiger partial charge in [0.1, 0.15) is 0 Å². The van der Waals surface area contributed by atoms with Crippen molar-refractivity contribution in [3.63, 3.8) is 0 Å². The van der Waals surface area contributed by atoms with Crippen LogP contribution < -0.4 is 5.32 Å². The molecule has 4 unspecified atom stereocenters. The molecule has 2 aliphatic carbocycles. The zero-order chi connectivity index (χ0) is 11.7. The van der Waals surface area contributed by atoms with Gasteiger partial charge in [-0.25, -0.2) is 0 Å². The third-order valence-electron chi connectivity index (χ3n) is 4.93. The van der Waals surface area contributed by atoms with E-state index in [1.54, 1.807) is 0 Å². The summed E-state index contributed by atoms with van der Waals surface area (Å²) >= 11 is 0. The van der Waals surface area contributed by atoms with Crippen LogP contribution in [0.15, 0.2) is 0 Å². The Kier molecular flexibility index (Phi) is 3.72. The molecule has 0 amide bonds. The Morgan fingerprint density at radius 2 is 1.82 bits per heavy atom. The highest BCUT2D eigenvalue weighted by molar-refractivity contribution is 4.95. The molecular formula is C15H27NO. The van der Waals surface area contributed by atoms with Crippen molar-refractivity contribution >= 4 is 0 Å². The molecule has 2 heteroatoms. The molecule has 2 saturated carbocycles. The second kappa shape index (κ2) is 5.27. The van der Waals surface area contributed by atoms with Crippen LogP contribution in [0.1, 0.15) is 58.3 Å². The fourth-order valence-corrected chi connectivity index (χ4v) is 3.64. The van der Waals surface area contributed by atoms with Crippen molar-refractivity contribution in [3.05, 3.63) is 0 Å². The lowest BCUT2D eigenvalue weighted by atomic mass is 10.0. The molecule has 0 aromatic heterocycles. The van der Waals surface area contributed by atoms with Crippen molar-refractivity contribution in [2.24, 2.45) is 11.8 Å². The molecular weight excluding hydrogens is 210 g/mol. The summed E-state index contributed by atoms with van der Waals surface area (Å²) in [7, 11) is 0. The number of rotatable bonds is 3. The maximum atomic E-state index is 5.92. The van der Waals surface area contributed by atoms with E-state index in [4.69, 9.17) is 4.74 Å². The molecule has 1 saturated heterocycles. The Hall–Kier alpha value is -0.0800. The van der Waals surface area contributed by atoms with Gasteiger partial charge in [-0.05, 0) is 50.4 Å². The van der Waals surface area contributed by atoms with Gasteiger partial charge in [0.25, 0.3) is 0 Å². The molecule has 1 N–H and O–H groups in total. The third kappa shape index (κ3) is 3.03. The molecule has 0 radical (unpaired) electrons. The minimum absolute atomic E-state index is 0.552. The van der Waals surface area contributed by atoms with Crippen LogP contribution in [0.2, 0.25) is 0 Å². The number of nitrogens with one attached hydrogen (secondary N) is 1. The van der Waals surface area contributed by atoms with Gasteiger partial charge in [-0.15, -0.1) is 0 Å². The maximum Gasteiger partial charge on any atom is 0.0757 e. The Morgan fingerprint density at radius 1 is 0.941 bits per heavy atom. The molecule has 2 nitrogen and oxygen atoms in total. The van der Waals surface area contributed by atoms with Crippen LogP contribution in [0.25, 0.3) is 0 Å². The first-order chi connectivity index (χ1) is 8.33. The fourth-order valence-electron chi connectivity index (χ4n) is 3.64. The minimum Gasteiger partial charge on any atom is -0.376 e.